The molecule has 0 unspecified atom stereocenters. The van der Waals surface area contributed by atoms with E-state index in [1.165, 1.54) is 13.1 Å². The van der Waals surface area contributed by atoms with Crippen molar-refractivity contribution in [2.75, 3.05) is 26.2 Å². The molecule has 0 bridgehead atoms. The molecule has 3 heteroatoms. The molecule has 0 aromatic rings. The molecule has 1 aliphatic heterocycles. The first-order chi connectivity index (χ1) is 6.47. The Kier molecular flexibility index (Phi) is 4.35. The SMILES string of the molecule is CC(C)(C)NCCN1CCC(N)CC1. The standard InChI is InChI=1S/C11H25N3/c1-11(2,3)13-6-9-14-7-4-10(12)5-8-14/h10,13H,4-9,12H2,1-3H3. The fourth-order valence-corrected chi connectivity index (χ4v) is 1.77. The van der Waals surface area contributed by atoms with Crippen molar-refractivity contribution in [1.29, 1.82) is 0 Å². The molecule has 0 aliphatic carbocycles. The van der Waals surface area contributed by atoms with E-state index in [1.54, 1.807) is 0 Å². The minimum Gasteiger partial charge on any atom is -0.328 e. The van der Waals surface area contributed by atoms with Gasteiger partial charge in [-0.3, -0.25) is 0 Å². The Morgan fingerprint density at radius 3 is 2.36 bits per heavy atom. The van der Waals surface area contributed by atoms with Gasteiger partial charge in [-0.2, -0.15) is 0 Å². The van der Waals surface area contributed by atoms with E-state index in [4.69, 9.17) is 5.73 Å². The molecule has 84 valence electrons. The van der Waals surface area contributed by atoms with Gasteiger partial charge in [0.25, 0.3) is 0 Å². The van der Waals surface area contributed by atoms with Gasteiger partial charge in [-0.1, -0.05) is 0 Å². The summed E-state index contributed by atoms with van der Waals surface area (Å²) >= 11 is 0. The Bertz CT molecular complexity index is 154. The van der Waals surface area contributed by atoms with Crippen LogP contribution < -0.4 is 11.1 Å². The van der Waals surface area contributed by atoms with Crippen LogP contribution in [0, 0.1) is 0 Å². The topological polar surface area (TPSA) is 41.3 Å². The largest absolute Gasteiger partial charge is 0.328 e. The van der Waals surface area contributed by atoms with E-state index in [0.717, 1.165) is 25.9 Å². The van der Waals surface area contributed by atoms with E-state index >= 15 is 0 Å². The van der Waals surface area contributed by atoms with E-state index in [0.29, 0.717) is 6.04 Å². The van der Waals surface area contributed by atoms with Crippen molar-refractivity contribution in [1.82, 2.24) is 10.2 Å². The Labute approximate surface area is 88.0 Å². The van der Waals surface area contributed by atoms with E-state index < -0.39 is 0 Å². The van der Waals surface area contributed by atoms with Crippen molar-refractivity contribution in [3.63, 3.8) is 0 Å². The highest BCUT2D eigenvalue weighted by atomic mass is 15.2. The van der Waals surface area contributed by atoms with Gasteiger partial charge in [-0.25, -0.2) is 0 Å². The van der Waals surface area contributed by atoms with Crippen LogP contribution in [-0.2, 0) is 0 Å². The normalized spacial score (nSPS) is 21.4. The molecule has 0 amide bonds. The Balaban J connectivity index is 2.08. The molecule has 1 aliphatic rings. The predicted octanol–water partition coefficient (Wildman–Crippen LogP) is 0.798. The smallest absolute Gasteiger partial charge is 0.0107 e. The maximum absolute atomic E-state index is 5.85. The summed E-state index contributed by atoms with van der Waals surface area (Å²) in [5.74, 6) is 0. The summed E-state index contributed by atoms with van der Waals surface area (Å²) in [5.41, 5.74) is 6.09. The first-order valence-corrected chi connectivity index (χ1v) is 5.70. The summed E-state index contributed by atoms with van der Waals surface area (Å²) in [6.45, 7) is 11.2. The van der Waals surface area contributed by atoms with Crippen LogP contribution in [0.5, 0.6) is 0 Å². The third-order valence-corrected chi connectivity index (χ3v) is 2.72. The molecule has 1 saturated heterocycles. The Hall–Kier alpha value is -0.120. The first kappa shape index (κ1) is 12.0. The highest BCUT2D eigenvalue weighted by molar-refractivity contribution is 4.76. The zero-order chi connectivity index (χ0) is 10.6. The average Bonchev–Trinajstić information content (AvgIpc) is 2.06. The monoisotopic (exact) mass is 199 g/mol. The van der Waals surface area contributed by atoms with Crippen molar-refractivity contribution in [3.05, 3.63) is 0 Å². The maximum atomic E-state index is 5.85. The van der Waals surface area contributed by atoms with Crippen LogP contribution >= 0.6 is 0 Å². The highest BCUT2D eigenvalue weighted by Gasteiger charge is 2.16. The molecule has 0 radical (unpaired) electrons. The van der Waals surface area contributed by atoms with Crippen molar-refractivity contribution >= 4 is 0 Å². The second-order valence-corrected chi connectivity index (χ2v) is 5.36. The fourth-order valence-electron chi connectivity index (χ4n) is 1.77. The molecule has 1 fully saturated rings. The summed E-state index contributed by atoms with van der Waals surface area (Å²) in [6.07, 6.45) is 2.32. The van der Waals surface area contributed by atoms with Crippen molar-refractivity contribution in [2.45, 2.75) is 45.2 Å². The fraction of sp³-hybridized carbons (Fsp3) is 1.00. The summed E-state index contributed by atoms with van der Waals surface area (Å²) in [5, 5.41) is 3.51. The Morgan fingerprint density at radius 2 is 1.86 bits per heavy atom. The van der Waals surface area contributed by atoms with Crippen LogP contribution in [0.1, 0.15) is 33.6 Å². The van der Waals surface area contributed by atoms with E-state index in [9.17, 15) is 0 Å². The lowest BCUT2D eigenvalue weighted by Gasteiger charge is -2.31. The van der Waals surface area contributed by atoms with Crippen molar-refractivity contribution in [3.8, 4) is 0 Å². The van der Waals surface area contributed by atoms with Crippen LogP contribution in [-0.4, -0.2) is 42.7 Å². The number of rotatable bonds is 3. The van der Waals surface area contributed by atoms with Gasteiger partial charge in [0.05, 0.1) is 0 Å². The van der Waals surface area contributed by atoms with Gasteiger partial charge in [-0.05, 0) is 46.7 Å². The molecule has 0 aromatic heterocycles. The summed E-state index contributed by atoms with van der Waals surface area (Å²) in [6, 6.07) is 0.446. The molecule has 0 spiro atoms. The number of nitrogens with one attached hydrogen (secondary N) is 1. The molecule has 1 heterocycles. The molecule has 0 aromatic carbocycles. The van der Waals surface area contributed by atoms with Crippen LogP contribution in [0.3, 0.4) is 0 Å². The number of hydrogen-bond acceptors (Lipinski definition) is 3. The van der Waals surface area contributed by atoms with E-state index in [2.05, 4.69) is 31.0 Å². The zero-order valence-electron chi connectivity index (χ0n) is 9.84. The van der Waals surface area contributed by atoms with Crippen LogP contribution in [0.4, 0.5) is 0 Å². The van der Waals surface area contributed by atoms with Gasteiger partial charge in [-0.15, -0.1) is 0 Å². The van der Waals surface area contributed by atoms with Gasteiger partial charge in [0, 0.05) is 24.7 Å². The van der Waals surface area contributed by atoms with Gasteiger partial charge in [0.1, 0.15) is 0 Å². The Morgan fingerprint density at radius 1 is 1.29 bits per heavy atom. The summed E-state index contributed by atoms with van der Waals surface area (Å²) in [7, 11) is 0. The van der Waals surface area contributed by atoms with Gasteiger partial charge in [0.15, 0.2) is 0 Å². The lowest BCUT2D eigenvalue weighted by molar-refractivity contribution is 0.208. The predicted molar refractivity (Wildman–Crippen MR) is 61.4 cm³/mol. The molecule has 0 saturated carbocycles. The summed E-state index contributed by atoms with van der Waals surface area (Å²) < 4.78 is 0. The van der Waals surface area contributed by atoms with E-state index in [-0.39, 0.29) is 5.54 Å². The quantitative estimate of drug-likeness (QED) is 0.706. The lowest BCUT2D eigenvalue weighted by atomic mass is 10.1. The zero-order valence-corrected chi connectivity index (χ0v) is 9.84. The third-order valence-electron chi connectivity index (χ3n) is 2.72. The molecular weight excluding hydrogens is 174 g/mol. The molecule has 0 atom stereocenters. The minimum absolute atomic E-state index is 0.242. The number of nitrogens with zero attached hydrogens (tertiary/aromatic N) is 1. The van der Waals surface area contributed by atoms with Crippen LogP contribution in [0.15, 0.2) is 0 Å². The molecule has 3 nitrogen and oxygen atoms in total. The third kappa shape index (κ3) is 4.94. The second kappa shape index (κ2) is 5.10. The maximum Gasteiger partial charge on any atom is 0.0107 e. The first-order valence-electron chi connectivity index (χ1n) is 5.70. The number of nitrogens with two attached hydrogens (primary N) is 1. The molecular formula is C11H25N3. The molecule has 1 rings (SSSR count). The van der Waals surface area contributed by atoms with Crippen molar-refractivity contribution in [2.24, 2.45) is 5.73 Å². The van der Waals surface area contributed by atoms with Crippen LogP contribution in [0.25, 0.3) is 0 Å². The number of likely N-dealkylation sites (tertiary alicyclic amines) is 1. The van der Waals surface area contributed by atoms with E-state index in [1.807, 2.05) is 0 Å². The molecule has 14 heavy (non-hydrogen) atoms. The lowest BCUT2D eigenvalue weighted by Crippen LogP contribution is -2.45. The average molecular weight is 199 g/mol. The van der Waals surface area contributed by atoms with Gasteiger partial charge in [0.2, 0.25) is 0 Å². The highest BCUT2D eigenvalue weighted by Crippen LogP contribution is 2.07. The second-order valence-electron chi connectivity index (χ2n) is 5.36. The van der Waals surface area contributed by atoms with Crippen LogP contribution in [0.2, 0.25) is 0 Å². The number of piperidine rings is 1. The summed E-state index contributed by atoms with van der Waals surface area (Å²) in [4.78, 5) is 2.50. The molecule has 3 N–H and O–H groups in total. The van der Waals surface area contributed by atoms with Gasteiger partial charge >= 0.3 is 0 Å². The van der Waals surface area contributed by atoms with Gasteiger partial charge < -0.3 is 16.0 Å². The van der Waals surface area contributed by atoms with Crippen molar-refractivity contribution < 1.29 is 0 Å². The minimum atomic E-state index is 0.242. The number of hydrogen-bond donors (Lipinski definition) is 2.